The first-order valence-electron chi connectivity index (χ1n) is 10.1. The third kappa shape index (κ3) is 4.86. The van der Waals surface area contributed by atoms with Crippen molar-refractivity contribution in [2.45, 2.75) is 18.9 Å². The van der Waals surface area contributed by atoms with Gasteiger partial charge in [0.15, 0.2) is 11.5 Å². The van der Waals surface area contributed by atoms with Crippen LogP contribution in [0.5, 0.6) is 11.5 Å². The van der Waals surface area contributed by atoms with E-state index in [9.17, 15) is 24.5 Å². The van der Waals surface area contributed by atoms with Crippen LogP contribution in [0.15, 0.2) is 42.5 Å². The number of hydrogen-bond acceptors (Lipinski definition) is 7. The summed E-state index contributed by atoms with van der Waals surface area (Å²) in [5.74, 6) is -0.0120. The number of ether oxygens (including phenoxy) is 2. The number of methoxy groups -OCH3 is 2. The van der Waals surface area contributed by atoms with E-state index in [4.69, 9.17) is 9.47 Å². The van der Waals surface area contributed by atoms with Crippen molar-refractivity contribution < 1.29 is 28.8 Å². The Bertz CT molecular complexity index is 1100. The molecule has 0 saturated carbocycles. The number of nitro benzene ring substituents is 1. The quantitative estimate of drug-likeness (QED) is 0.333. The molecule has 1 aliphatic heterocycles. The Morgan fingerprint density at radius 1 is 1.15 bits per heavy atom. The number of nitrogens with zero attached hydrogens (tertiary/aromatic N) is 2. The minimum atomic E-state index is -1.51. The van der Waals surface area contributed by atoms with Crippen molar-refractivity contribution >= 4 is 23.5 Å². The second-order valence-corrected chi connectivity index (χ2v) is 7.54. The second kappa shape index (κ2) is 9.55. The van der Waals surface area contributed by atoms with E-state index in [2.05, 4.69) is 10.6 Å². The average Bonchev–Trinajstić information content (AvgIpc) is 3.02. The Morgan fingerprint density at radius 3 is 2.55 bits per heavy atom. The predicted molar refractivity (Wildman–Crippen MR) is 117 cm³/mol. The molecule has 0 radical (unpaired) electrons. The molecule has 1 atom stereocenters. The van der Waals surface area contributed by atoms with E-state index in [1.807, 2.05) is 6.07 Å². The molecule has 11 nitrogen and oxygen atoms in total. The van der Waals surface area contributed by atoms with Gasteiger partial charge in [0.1, 0.15) is 12.1 Å². The maximum atomic E-state index is 12.9. The Balaban J connectivity index is 1.61. The number of carbonyl (C=O) groups is 3. The molecule has 1 saturated heterocycles. The Hall–Kier alpha value is -4.15. The van der Waals surface area contributed by atoms with Crippen LogP contribution >= 0.6 is 0 Å². The fourth-order valence-corrected chi connectivity index (χ4v) is 3.55. The minimum Gasteiger partial charge on any atom is -0.493 e. The highest BCUT2D eigenvalue weighted by molar-refractivity contribution is 6.09. The number of urea groups is 1. The van der Waals surface area contributed by atoms with E-state index >= 15 is 0 Å². The molecule has 4 amide bonds. The molecule has 0 aromatic heterocycles. The molecule has 1 fully saturated rings. The third-order valence-electron chi connectivity index (χ3n) is 5.39. The zero-order valence-electron chi connectivity index (χ0n) is 18.4. The standard InChI is InChI=1S/C22H24N4O7/c1-22(15-5-4-6-16(12-15)26(30)31)20(28)25(21(29)24-22)13-19(27)23-10-9-14-7-8-17(32-2)18(11-14)33-3/h4-8,11-12H,9-10,13H2,1-3H3,(H,23,27)(H,24,29). The molecule has 2 N–H and O–H groups in total. The first-order valence-corrected chi connectivity index (χ1v) is 10.1. The van der Waals surface area contributed by atoms with E-state index in [-0.39, 0.29) is 17.8 Å². The molecule has 2 aromatic carbocycles. The van der Waals surface area contributed by atoms with Crippen molar-refractivity contribution in [2.75, 3.05) is 27.3 Å². The van der Waals surface area contributed by atoms with E-state index in [1.54, 1.807) is 12.1 Å². The zero-order valence-corrected chi connectivity index (χ0v) is 18.4. The highest BCUT2D eigenvalue weighted by Crippen LogP contribution is 2.31. The molecule has 174 valence electrons. The zero-order chi connectivity index (χ0) is 24.2. The van der Waals surface area contributed by atoms with E-state index < -0.39 is 34.9 Å². The van der Waals surface area contributed by atoms with E-state index in [0.29, 0.717) is 17.9 Å². The van der Waals surface area contributed by atoms with Gasteiger partial charge in [-0.2, -0.15) is 0 Å². The molecule has 0 aliphatic carbocycles. The molecular weight excluding hydrogens is 432 g/mol. The predicted octanol–water partition coefficient (Wildman–Crippen LogP) is 1.74. The summed E-state index contributed by atoms with van der Waals surface area (Å²) in [5.41, 5.74) is -0.557. The normalized spacial score (nSPS) is 17.5. The number of hydrogen-bond donors (Lipinski definition) is 2. The van der Waals surface area contributed by atoms with Crippen LogP contribution in [0.2, 0.25) is 0 Å². The molecular formula is C22H24N4O7. The van der Waals surface area contributed by atoms with Crippen LogP contribution in [0.4, 0.5) is 10.5 Å². The molecule has 0 spiro atoms. The Labute approximate surface area is 189 Å². The third-order valence-corrected chi connectivity index (χ3v) is 5.39. The maximum absolute atomic E-state index is 12.9. The first kappa shape index (κ1) is 23.5. The van der Waals surface area contributed by atoms with Gasteiger partial charge < -0.3 is 20.1 Å². The van der Waals surface area contributed by atoms with Crippen molar-refractivity contribution in [3.05, 3.63) is 63.7 Å². The summed E-state index contributed by atoms with van der Waals surface area (Å²) in [5, 5.41) is 16.3. The van der Waals surface area contributed by atoms with Gasteiger partial charge >= 0.3 is 6.03 Å². The smallest absolute Gasteiger partial charge is 0.325 e. The van der Waals surface area contributed by atoms with Crippen molar-refractivity contribution in [3.8, 4) is 11.5 Å². The topological polar surface area (TPSA) is 140 Å². The molecule has 1 aliphatic rings. The van der Waals surface area contributed by atoms with Crippen LogP contribution in [0, 0.1) is 10.1 Å². The summed E-state index contributed by atoms with van der Waals surface area (Å²) in [4.78, 5) is 49.0. The molecule has 3 rings (SSSR count). The van der Waals surface area contributed by atoms with Gasteiger partial charge in [0.05, 0.1) is 19.1 Å². The van der Waals surface area contributed by atoms with E-state index in [0.717, 1.165) is 10.5 Å². The van der Waals surface area contributed by atoms with Crippen molar-refractivity contribution in [1.29, 1.82) is 0 Å². The Kier molecular flexibility index (Phi) is 6.80. The van der Waals surface area contributed by atoms with Crippen molar-refractivity contribution in [2.24, 2.45) is 0 Å². The largest absolute Gasteiger partial charge is 0.493 e. The monoisotopic (exact) mass is 456 g/mol. The van der Waals surface area contributed by atoms with Gasteiger partial charge in [-0.05, 0) is 36.6 Å². The van der Waals surface area contributed by atoms with Crippen LogP contribution in [0.3, 0.4) is 0 Å². The summed E-state index contributed by atoms with van der Waals surface area (Å²) < 4.78 is 10.4. The van der Waals surface area contributed by atoms with Gasteiger partial charge in [-0.25, -0.2) is 4.79 Å². The highest BCUT2D eigenvalue weighted by Gasteiger charge is 2.49. The van der Waals surface area contributed by atoms with Gasteiger partial charge in [0.2, 0.25) is 5.91 Å². The van der Waals surface area contributed by atoms with Gasteiger partial charge in [0, 0.05) is 18.7 Å². The lowest BCUT2D eigenvalue weighted by molar-refractivity contribution is -0.385. The van der Waals surface area contributed by atoms with Crippen LogP contribution in [-0.4, -0.2) is 55.0 Å². The second-order valence-electron chi connectivity index (χ2n) is 7.54. The van der Waals surface area contributed by atoms with Crippen LogP contribution in [0.25, 0.3) is 0 Å². The molecule has 1 heterocycles. The van der Waals surface area contributed by atoms with Crippen molar-refractivity contribution in [1.82, 2.24) is 15.5 Å². The van der Waals surface area contributed by atoms with Crippen LogP contribution in [0.1, 0.15) is 18.1 Å². The fraction of sp³-hybridized carbons (Fsp3) is 0.318. The summed E-state index contributed by atoms with van der Waals surface area (Å²) in [6.45, 7) is 1.25. The number of amides is 4. The fourth-order valence-electron chi connectivity index (χ4n) is 3.55. The van der Waals surface area contributed by atoms with Gasteiger partial charge in [0.25, 0.3) is 11.6 Å². The number of benzene rings is 2. The Morgan fingerprint density at radius 2 is 1.88 bits per heavy atom. The molecule has 33 heavy (non-hydrogen) atoms. The van der Waals surface area contributed by atoms with Crippen LogP contribution in [-0.2, 0) is 21.5 Å². The minimum absolute atomic E-state index is 0.206. The van der Waals surface area contributed by atoms with E-state index in [1.165, 1.54) is 45.4 Å². The number of carbonyl (C=O) groups excluding carboxylic acids is 3. The maximum Gasteiger partial charge on any atom is 0.325 e. The van der Waals surface area contributed by atoms with Gasteiger partial charge in [-0.1, -0.05) is 18.2 Å². The molecule has 11 heteroatoms. The summed E-state index contributed by atoms with van der Waals surface area (Å²) in [7, 11) is 3.07. The molecule has 1 unspecified atom stereocenters. The molecule has 2 aromatic rings. The van der Waals surface area contributed by atoms with Crippen molar-refractivity contribution in [3.63, 3.8) is 0 Å². The highest BCUT2D eigenvalue weighted by atomic mass is 16.6. The number of rotatable bonds is 9. The SMILES string of the molecule is COc1ccc(CCNC(=O)CN2C(=O)NC(C)(c3cccc([N+](=O)[O-])c3)C2=O)cc1OC. The van der Waals surface area contributed by atoms with Crippen LogP contribution < -0.4 is 20.1 Å². The molecule has 0 bridgehead atoms. The van der Waals surface area contributed by atoms with Gasteiger partial charge in [-0.15, -0.1) is 0 Å². The van der Waals surface area contributed by atoms with Gasteiger partial charge in [-0.3, -0.25) is 24.6 Å². The number of nitro groups is 1. The summed E-state index contributed by atoms with van der Waals surface area (Å²) in [6, 6.07) is 10.1. The lowest BCUT2D eigenvalue weighted by Crippen LogP contribution is -2.43. The number of imide groups is 1. The summed E-state index contributed by atoms with van der Waals surface area (Å²) >= 11 is 0. The summed E-state index contributed by atoms with van der Waals surface area (Å²) in [6.07, 6.45) is 0.498. The lowest BCUT2D eigenvalue weighted by Gasteiger charge is -2.22. The number of nitrogens with one attached hydrogen (secondary N) is 2. The first-order chi connectivity index (χ1) is 15.7. The lowest BCUT2D eigenvalue weighted by atomic mass is 9.91. The number of non-ortho nitro benzene ring substituents is 1. The average molecular weight is 456 g/mol.